The van der Waals surface area contributed by atoms with Crippen LogP contribution < -0.4 is 0 Å². The standard InChI is InChI=1S/C15H19NO/c1-3-13-9-4-5-10-14(13)15(17)16-11-7-6-8-12(16)2/h3-5,9-10,12H,1,6-8,11H2,2H3. The Morgan fingerprint density at radius 1 is 1.41 bits per heavy atom. The summed E-state index contributed by atoms with van der Waals surface area (Å²) in [5.41, 5.74) is 1.70. The van der Waals surface area contributed by atoms with Crippen LogP contribution in [-0.2, 0) is 0 Å². The molecule has 17 heavy (non-hydrogen) atoms. The second-order valence-corrected chi connectivity index (χ2v) is 4.63. The lowest BCUT2D eigenvalue weighted by molar-refractivity contribution is 0.0635. The van der Waals surface area contributed by atoms with Crippen LogP contribution in [0.5, 0.6) is 0 Å². The van der Waals surface area contributed by atoms with Crippen molar-refractivity contribution in [2.24, 2.45) is 0 Å². The second-order valence-electron chi connectivity index (χ2n) is 4.63. The van der Waals surface area contributed by atoms with Gasteiger partial charge in [-0.25, -0.2) is 0 Å². The van der Waals surface area contributed by atoms with Gasteiger partial charge >= 0.3 is 0 Å². The van der Waals surface area contributed by atoms with Crippen molar-refractivity contribution in [1.82, 2.24) is 4.90 Å². The molecular formula is C15H19NO. The Balaban J connectivity index is 2.26. The van der Waals surface area contributed by atoms with E-state index in [9.17, 15) is 4.79 Å². The van der Waals surface area contributed by atoms with Crippen LogP contribution >= 0.6 is 0 Å². The van der Waals surface area contributed by atoms with Gasteiger partial charge in [-0.2, -0.15) is 0 Å². The molecule has 1 aliphatic heterocycles. The molecule has 0 bridgehead atoms. The van der Waals surface area contributed by atoms with Gasteiger partial charge in [0.05, 0.1) is 0 Å². The van der Waals surface area contributed by atoms with Crippen molar-refractivity contribution >= 4 is 12.0 Å². The second kappa shape index (κ2) is 5.17. The van der Waals surface area contributed by atoms with Crippen LogP contribution in [0.2, 0.25) is 0 Å². The van der Waals surface area contributed by atoms with E-state index in [0.29, 0.717) is 6.04 Å². The Morgan fingerprint density at radius 2 is 2.18 bits per heavy atom. The average Bonchev–Trinajstić information content (AvgIpc) is 2.38. The Bertz CT molecular complexity index is 425. The van der Waals surface area contributed by atoms with E-state index in [4.69, 9.17) is 0 Å². The highest BCUT2D eigenvalue weighted by atomic mass is 16.2. The minimum Gasteiger partial charge on any atom is -0.336 e. The van der Waals surface area contributed by atoms with E-state index in [-0.39, 0.29) is 5.91 Å². The smallest absolute Gasteiger partial charge is 0.254 e. The van der Waals surface area contributed by atoms with Crippen molar-refractivity contribution < 1.29 is 4.79 Å². The summed E-state index contributed by atoms with van der Waals surface area (Å²) in [4.78, 5) is 14.5. The molecule has 0 saturated carbocycles. The molecule has 0 aromatic heterocycles. The SMILES string of the molecule is C=Cc1ccccc1C(=O)N1CCCCC1C. The Kier molecular flexibility index (Phi) is 3.62. The summed E-state index contributed by atoms with van der Waals surface area (Å²) >= 11 is 0. The minimum absolute atomic E-state index is 0.146. The molecule has 0 aliphatic carbocycles. The van der Waals surface area contributed by atoms with E-state index in [2.05, 4.69) is 13.5 Å². The first-order chi connectivity index (χ1) is 8.24. The maximum absolute atomic E-state index is 12.5. The predicted molar refractivity (Wildman–Crippen MR) is 70.9 cm³/mol. The fourth-order valence-corrected chi connectivity index (χ4v) is 2.42. The maximum atomic E-state index is 12.5. The van der Waals surface area contributed by atoms with Gasteiger partial charge in [0, 0.05) is 18.2 Å². The number of nitrogens with zero attached hydrogens (tertiary/aromatic N) is 1. The van der Waals surface area contributed by atoms with Crippen LogP contribution in [0.15, 0.2) is 30.8 Å². The lowest BCUT2D eigenvalue weighted by Crippen LogP contribution is -2.42. The summed E-state index contributed by atoms with van der Waals surface area (Å²) in [6.45, 7) is 6.78. The number of amides is 1. The fourth-order valence-electron chi connectivity index (χ4n) is 2.42. The monoisotopic (exact) mass is 229 g/mol. The van der Waals surface area contributed by atoms with Gasteiger partial charge in [0.15, 0.2) is 0 Å². The summed E-state index contributed by atoms with van der Waals surface area (Å²) in [5.74, 6) is 0.146. The highest BCUT2D eigenvalue weighted by Crippen LogP contribution is 2.21. The number of likely N-dealkylation sites (tertiary alicyclic amines) is 1. The van der Waals surface area contributed by atoms with E-state index in [0.717, 1.165) is 30.5 Å². The van der Waals surface area contributed by atoms with Gasteiger partial charge in [-0.3, -0.25) is 4.79 Å². The molecule has 1 heterocycles. The van der Waals surface area contributed by atoms with E-state index in [1.807, 2.05) is 29.2 Å². The lowest BCUT2D eigenvalue weighted by atomic mass is 10.0. The largest absolute Gasteiger partial charge is 0.336 e. The molecule has 2 nitrogen and oxygen atoms in total. The third kappa shape index (κ3) is 2.41. The molecule has 1 aromatic rings. The quantitative estimate of drug-likeness (QED) is 0.761. The molecule has 1 saturated heterocycles. The summed E-state index contributed by atoms with van der Waals surface area (Å²) in [6, 6.07) is 8.03. The van der Waals surface area contributed by atoms with Crippen molar-refractivity contribution in [3.8, 4) is 0 Å². The van der Waals surface area contributed by atoms with Gasteiger partial charge in [-0.05, 0) is 37.8 Å². The Labute approximate surface area is 103 Å². The van der Waals surface area contributed by atoms with Crippen LogP contribution in [0.3, 0.4) is 0 Å². The number of carbonyl (C=O) groups is 1. The first-order valence-corrected chi connectivity index (χ1v) is 6.26. The molecule has 1 unspecified atom stereocenters. The summed E-state index contributed by atoms with van der Waals surface area (Å²) in [7, 11) is 0. The Morgan fingerprint density at radius 3 is 2.88 bits per heavy atom. The Hall–Kier alpha value is -1.57. The predicted octanol–water partition coefficient (Wildman–Crippen LogP) is 3.34. The molecule has 2 heteroatoms. The van der Waals surface area contributed by atoms with E-state index >= 15 is 0 Å². The normalized spacial score (nSPS) is 20.1. The number of piperidine rings is 1. The van der Waals surface area contributed by atoms with Gasteiger partial charge in [0.1, 0.15) is 0 Å². The third-order valence-electron chi connectivity index (χ3n) is 3.47. The van der Waals surface area contributed by atoms with Crippen LogP contribution in [0, 0.1) is 0 Å². The van der Waals surface area contributed by atoms with Gasteiger partial charge in [-0.1, -0.05) is 30.9 Å². The fraction of sp³-hybridized carbons (Fsp3) is 0.400. The van der Waals surface area contributed by atoms with Crippen molar-refractivity contribution in [2.45, 2.75) is 32.2 Å². The summed E-state index contributed by atoms with van der Waals surface area (Å²) in [6.07, 6.45) is 5.21. The first-order valence-electron chi connectivity index (χ1n) is 6.26. The molecule has 1 fully saturated rings. The zero-order chi connectivity index (χ0) is 12.3. The van der Waals surface area contributed by atoms with Crippen LogP contribution in [-0.4, -0.2) is 23.4 Å². The van der Waals surface area contributed by atoms with Crippen LogP contribution in [0.1, 0.15) is 42.1 Å². The summed E-state index contributed by atoms with van der Waals surface area (Å²) < 4.78 is 0. The third-order valence-corrected chi connectivity index (χ3v) is 3.47. The topological polar surface area (TPSA) is 20.3 Å². The van der Waals surface area contributed by atoms with E-state index in [1.54, 1.807) is 6.08 Å². The molecule has 2 rings (SSSR count). The molecule has 1 aliphatic rings. The highest BCUT2D eigenvalue weighted by molar-refractivity contribution is 5.97. The molecule has 0 spiro atoms. The van der Waals surface area contributed by atoms with Crippen molar-refractivity contribution in [3.63, 3.8) is 0 Å². The van der Waals surface area contributed by atoms with Gasteiger partial charge in [0.25, 0.3) is 5.91 Å². The lowest BCUT2D eigenvalue weighted by Gasteiger charge is -2.33. The average molecular weight is 229 g/mol. The van der Waals surface area contributed by atoms with Crippen LogP contribution in [0.4, 0.5) is 0 Å². The number of carbonyl (C=O) groups excluding carboxylic acids is 1. The molecule has 90 valence electrons. The molecule has 1 amide bonds. The van der Waals surface area contributed by atoms with Gasteiger partial charge in [-0.15, -0.1) is 0 Å². The number of rotatable bonds is 2. The number of hydrogen-bond donors (Lipinski definition) is 0. The molecular weight excluding hydrogens is 210 g/mol. The van der Waals surface area contributed by atoms with Gasteiger partial charge in [0.2, 0.25) is 0 Å². The molecule has 0 radical (unpaired) electrons. The summed E-state index contributed by atoms with van der Waals surface area (Å²) in [5, 5.41) is 0. The van der Waals surface area contributed by atoms with Crippen LogP contribution in [0.25, 0.3) is 6.08 Å². The molecule has 0 N–H and O–H groups in total. The molecule has 1 aromatic carbocycles. The van der Waals surface area contributed by atoms with Gasteiger partial charge < -0.3 is 4.90 Å². The molecule has 1 atom stereocenters. The zero-order valence-corrected chi connectivity index (χ0v) is 10.4. The zero-order valence-electron chi connectivity index (χ0n) is 10.4. The van der Waals surface area contributed by atoms with E-state index in [1.165, 1.54) is 6.42 Å². The maximum Gasteiger partial charge on any atom is 0.254 e. The van der Waals surface area contributed by atoms with E-state index < -0.39 is 0 Å². The number of benzene rings is 1. The van der Waals surface area contributed by atoms with Crippen molar-refractivity contribution in [1.29, 1.82) is 0 Å². The first kappa shape index (κ1) is 11.9. The van der Waals surface area contributed by atoms with Crippen molar-refractivity contribution in [3.05, 3.63) is 42.0 Å². The van der Waals surface area contributed by atoms with Crippen molar-refractivity contribution in [2.75, 3.05) is 6.54 Å². The highest BCUT2D eigenvalue weighted by Gasteiger charge is 2.24. The minimum atomic E-state index is 0.146. The number of hydrogen-bond acceptors (Lipinski definition) is 1.